The molecule has 3 heteroatoms. The third-order valence-corrected chi connectivity index (χ3v) is 3.53. The fraction of sp³-hybridized carbons (Fsp3) is 0.684. The van der Waals surface area contributed by atoms with Crippen LogP contribution in [-0.4, -0.2) is 26.2 Å². The minimum absolute atomic E-state index is 0.676. The van der Waals surface area contributed by atoms with Gasteiger partial charge in [-0.2, -0.15) is 0 Å². The zero-order chi connectivity index (χ0) is 16.4. The van der Waals surface area contributed by atoms with E-state index >= 15 is 0 Å². The van der Waals surface area contributed by atoms with Crippen LogP contribution in [-0.2, 0) is 6.54 Å². The molecule has 0 aliphatic carbocycles. The lowest BCUT2D eigenvalue weighted by atomic mass is 10.1. The normalized spacial score (nSPS) is 11.0. The van der Waals surface area contributed by atoms with Crippen LogP contribution in [0, 0.1) is 5.92 Å². The molecule has 0 spiro atoms. The number of nitrogens with zero attached hydrogens (tertiary/aromatic N) is 1. The maximum absolute atomic E-state index is 5.91. The van der Waals surface area contributed by atoms with E-state index in [0.29, 0.717) is 12.5 Å². The van der Waals surface area contributed by atoms with Gasteiger partial charge in [0.2, 0.25) is 0 Å². The first-order chi connectivity index (χ1) is 10.6. The Bertz CT molecular complexity index is 412. The highest BCUT2D eigenvalue weighted by atomic mass is 16.5. The fourth-order valence-corrected chi connectivity index (χ4v) is 2.60. The van der Waals surface area contributed by atoms with E-state index < -0.39 is 0 Å². The number of anilines is 1. The number of rotatable bonds is 11. The van der Waals surface area contributed by atoms with Crippen molar-refractivity contribution in [2.24, 2.45) is 5.92 Å². The molecule has 1 rings (SSSR count). The molecular formula is C19H34N2O. The SMILES string of the molecule is CCCN(CCC)c1ccc(CNCC(C)C)cc1OCC. The summed E-state index contributed by atoms with van der Waals surface area (Å²) >= 11 is 0. The number of nitrogens with one attached hydrogen (secondary N) is 1. The summed E-state index contributed by atoms with van der Waals surface area (Å²) in [5, 5.41) is 3.50. The summed E-state index contributed by atoms with van der Waals surface area (Å²) in [4.78, 5) is 2.44. The minimum Gasteiger partial charge on any atom is -0.492 e. The third-order valence-electron chi connectivity index (χ3n) is 3.53. The van der Waals surface area contributed by atoms with Gasteiger partial charge >= 0.3 is 0 Å². The molecule has 0 unspecified atom stereocenters. The lowest BCUT2D eigenvalue weighted by Crippen LogP contribution is -2.25. The first kappa shape index (κ1) is 18.8. The highest BCUT2D eigenvalue weighted by molar-refractivity contribution is 5.60. The average molecular weight is 306 g/mol. The predicted molar refractivity (Wildman–Crippen MR) is 97.0 cm³/mol. The molecule has 0 radical (unpaired) electrons. The molecule has 0 atom stereocenters. The highest BCUT2D eigenvalue weighted by Crippen LogP contribution is 2.30. The van der Waals surface area contributed by atoms with Crippen molar-refractivity contribution >= 4 is 5.69 Å². The van der Waals surface area contributed by atoms with Crippen molar-refractivity contribution in [1.29, 1.82) is 0 Å². The van der Waals surface area contributed by atoms with Crippen molar-refractivity contribution in [2.45, 2.75) is 54.0 Å². The van der Waals surface area contributed by atoms with Crippen molar-refractivity contribution in [3.8, 4) is 5.75 Å². The maximum Gasteiger partial charge on any atom is 0.142 e. The van der Waals surface area contributed by atoms with Crippen molar-refractivity contribution in [3.05, 3.63) is 23.8 Å². The van der Waals surface area contributed by atoms with Crippen molar-refractivity contribution in [3.63, 3.8) is 0 Å². The summed E-state index contributed by atoms with van der Waals surface area (Å²) in [7, 11) is 0. The van der Waals surface area contributed by atoms with Crippen LogP contribution in [0.5, 0.6) is 5.75 Å². The monoisotopic (exact) mass is 306 g/mol. The van der Waals surface area contributed by atoms with Gasteiger partial charge < -0.3 is 15.0 Å². The van der Waals surface area contributed by atoms with E-state index in [2.05, 4.69) is 63.0 Å². The first-order valence-electron chi connectivity index (χ1n) is 8.83. The number of hydrogen-bond donors (Lipinski definition) is 1. The van der Waals surface area contributed by atoms with Crippen molar-refractivity contribution in [2.75, 3.05) is 31.1 Å². The van der Waals surface area contributed by atoms with Gasteiger partial charge in [-0.25, -0.2) is 0 Å². The molecule has 0 saturated heterocycles. The Labute approximate surface area is 137 Å². The zero-order valence-electron chi connectivity index (χ0n) is 15.1. The Morgan fingerprint density at radius 3 is 2.32 bits per heavy atom. The number of ether oxygens (including phenoxy) is 1. The molecule has 0 saturated carbocycles. The molecule has 1 aromatic carbocycles. The maximum atomic E-state index is 5.91. The molecule has 0 fully saturated rings. The molecule has 0 aromatic heterocycles. The quantitative estimate of drug-likeness (QED) is 0.653. The third kappa shape index (κ3) is 6.27. The van der Waals surface area contributed by atoms with Crippen LogP contribution in [0.4, 0.5) is 5.69 Å². The van der Waals surface area contributed by atoms with Gasteiger partial charge in [0.05, 0.1) is 12.3 Å². The Balaban J connectivity index is 2.87. The van der Waals surface area contributed by atoms with Crippen LogP contribution in [0.25, 0.3) is 0 Å². The second kappa shape index (κ2) is 10.5. The number of benzene rings is 1. The van der Waals surface area contributed by atoms with E-state index in [-0.39, 0.29) is 0 Å². The predicted octanol–water partition coefficient (Wildman–Crippen LogP) is 4.46. The van der Waals surface area contributed by atoms with Gasteiger partial charge in [-0.1, -0.05) is 33.8 Å². The van der Waals surface area contributed by atoms with Gasteiger partial charge in [-0.05, 0) is 49.9 Å². The van der Waals surface area contributed by atoms with Gasteiger partial charge in [0.25, 0.3) is 0 Å². The summed E-state index contributed by atoms with van der Waals surface area (Å²) in [6.07, 6.45) is 2.31. The van der Waals surface area contributed by atoms with Crippen LogP contribution >= 0.6 is 0 Å². The summed E-state index contributed by atoms with van der Waals surface area (Å²) in [6, 6.07) is 6.65. The van der Waals surface area contributed by atoms with Gasteiger partial charge in [-0.15, -0.1) is 0 Å². The van der Waals surface area contributed by atoms with E-state index in [1.54, 1.807) is 0 Å². The molecule has 0 amide bonds. The van der Waals surface area contributed by atoms with Crippen LogP contribution < -0.4 is 15.0 Å². The largest absolute Gasteiger partial charge is 0.492 e. The molecule has 0 bridgehead atoms. The second-order valence-electron chi connectivity index (χ2n) is 6.25. The Morgan fingerprint density at radius 2 is 1.77 bits per heavy atom. The van der Waals surface area contributed by atoms with Gasteiger partial charge in [0.1, 0.15) is 5.75 Å². The van der Waals surface area contributed by atoms with Crippen LogP contribution in [0.1, 0.15) is 53.0 Å². The lowest BCUT2D eigenvalue weighted by molar-refractivity contribution is 0.339. The topological polar surface area (TPSA) is 24.5 Å². The smallest absolute Gasteiger partial charge is 0.142 e. The molecule has 1 N–H and O–H groups in total. The van der Waals surface area contributed by atoms with Crippen LogP contribution in [0.2, 0.25) is 0 Å². The van der Waals surface area contributed by atoms with E-state index in [4.69, 9.17) is 4.74 Å². The molecule has 0 aliphatic rings. The Hall–Kier alpha value is -1.22. The summed E-state index contributed by atoms with van der Waals surface area (Å²) in [5.41, 5.74) is 2.53. The average Bonchev–Trinajstić information content (AvgIpc) is 2.47. The Kier molecular flexibility index (Phi) is 8.98. The Morgan fingerprint density at radius 1 is 1.09 bits per heavy atom. The lowest BCUT2D eigenvalue weighted by Gasteiger charge is -2.26. The van der Waals surface area contributed by atoms with E-state index in [9.17, 15) is 0 Å². The van der Waals surface area contributed by atoms with Crippen LogP contribution in [0.3, 0.4) is 0 Å². The first-order valence-corrected chi connectivity index (χ1v) is 8.83. The van der Waals surface area contributed by atoms with E-state index in [1.165, 1.54) is 11.3 Å². The van der Waals surface area contributed by atoms with Gasteiger partial charge in [0, 0.05) is 19.6 Å². The second-order valence-corrected chi connectivity index (χ2v) is 6.25. The summed E-state index contributed by atoms with van der Waals surface area (Å²) in [6.45, 7) is 15.8. The van der Waals surface area contributed by atoms with Crippen molar-refractivity contribution in [1.82, 2.24) is 5.32 Å². The molecule has 1 aromatic rings. The highest BCUT2D eigenvalue weighted by Gasteiger charge is 2.12. The molecule has 22 heavy (non-hydrogen) atoms. The molecule has 0 aliphatic heterocycles. The van der Waals surface area contributed by atoms with E-state index in [0.717, 1.165) is 44.8 Å². The fourth-order valence-electron chi connectivity index (χ4n) is 2.60. The minimum atomic E-state index is 0.676. The van der Waals surface area contributed by atoms with Gasteiger partial charge in [0.15, 0.2) is 0 Å². The molecule has 3 nitrogen and oxygen atoms in total. The summed E-state index contributed by atoms with van der Waals surface area (Å²) < 4.78 is 5.91. The zero-order valence-corrected chi connectivity index (χ0v) is 15.1. The summed E-state index contributed by atoms with van der Waals surface area (Å²) in [5.74, 6) is 1.70. The molecule has 0 heterocycles. The van der Waals surface area contributed by atoms with Gasteiger partial charge in [-0.3, -0.25) is 0 Å². The van der Waals surface area contributed by atoms with Crippen molar-refractivity contribution < 1.29 is 4.74 Å². The standard InChI is InChI=1S/C19H34N2O/c1-6-11-21(12-7-2)18-10-9-17(13-19(18)22-8-3)15-20-14-16(4)5/h9-10,13,16,20H,6-8,11-12,14-15H2,1-5H3. The molecular weight excluding hydrogens is 272 g/mol. The molecule has 126 valence electrons. The number of hydrogen-bond acceptors (Lipinski definition) is 3. The van der Waals surface area contributed by atoms with E-state index in [1.807, 2.05) is 0 Å². The van der Waals surface area contributed by atoms with Crippen LogP contribution in [0.15, 0.2) is 18.2 Å².